The minimum Gasteiger partial charge on any atom is -0.369 e. The van der Waals surface area contributed by atoms with E-state index in [1.807, 2.05) is 12.1 Å². The number of likely N-dealkylation sites (N-methyl/N-ethyl adjacent to an activating group) is 1. The molecule has 0 aromatic heterocycles. The first kappa shape index (κ1) is 6.85. The minimum atomic E-state index is -1.95. The lowest BCUT2D eigenvalue weighted by Gasteiger charge is -2.34. The normalized spacial score (nSPS) is 22.6. The van der Waals surface area contributed by atoms with Gasteiger partial charge in [0.05, 0.1) is 0 Å². The third-order valence-electron chi connectivity index (χ3n) is 2.45. The molecule has 2 rings (SSSR count). The van der Waals surface area contributed by atoms with Crippen LogP contribution in [0.4, 0.5) is 5.69 Å². The number of halogens is 1. The van der Waals surface area contributed by atoms with Gasteiger partial charge in [-0.3, -0.25) is 0 Å². The Morgan fingerprint density at radius 2 is 2.07 bits per heavy atom. The van der Waals surface area contributed by atoms with Crippen molar-refractivity contribution in [1.29, 1.82) is 0 Å². The fraction of sp³-hybridized carbons (Fsp3) is 0.455. The van der Waals surface area contributed by atoms with Crippen molar-refractivity contribution in [3.8, 4) is 0 Å². The van der Waals surface area contributed by atoms with Gasteiger partial charge in [0.1, 0.15) is 0 Å². The zero-order chi connectivity index (χ0) is 12.5. The molecule has 14 heavy (non-hydrogen) atoms. The van der Waals surface area contributed by atoms with Gasteiger partial charge in [-0.25, -0.2) is 0 Å². The van der Waals surface area contributed by atoms with E-state index in [0.29, 0.717) is 13.1 Å². The van der Waals surface area contributed by atoms with Crippen molar-refractivity contribution in [2.75, 3.05) is 38.1 Å². The molecular formula is C11H15BrN2. The topological polar surface area (TPSA) is 6.48 Å². The highest BCUT2D eigenvalue weighted by Crippen LogP contribution is 2.20. The van der Waals surface area contributed by atoms with E-state index in [9.17, 15) is 0 Å². The number of benzene rings is 1. The van der Waals surface area contributed by atoms with Gasteiger partial charge in [0.25, 0.3) is 0 Å². The van der Waals surface area contributed by atoms with Crippen molar-refractivity contribution in [2.24, 2.45) is 0 Å². The summed E-state index contributed by atoms with van der Waals surface area (Å²) in [5.41, 5.74) is 1.14. The first-order valence-corrected chi connectivity index (χ1v) is 5.52. The molecule has 3 heteroatoms. The summed E-state index contributed by atoms with van der Waals surface area (Å²) in [7, 11) is 0. The number of piperazine rings is 1. The van der Waals surface area contributed by atoms with Gasteiger partial charge in [-0.1, -0.05) is 22.0 Å². The average molecular weight is 258 g/mol. The van der Waals surface area contributed by atoms with Crippen molar-refractivity contribution in [1.82, 2.24) is 4.90 Å². The lowest BCUT2D eigenvalue weighted by molar-refractivity contribution is 0.313. The van der Waals surface area contributed by atoms with Crippen LogP contribution in [0.2, 0.25) is 0 Å². The molecule has 1 aromatic carbocycles. The number of nitrogens with zero attached hydrogens (tertiary/aromatic N) is 2. The summed E-state index contributed by atoms with van der Waals surface area (Å²) in [4.78, 5) is 3.77. The molecule has 1 heterocycles. The molecule has 0 spiro atoms. The van der Waals surface area contributed by atoms with Crippen LogP contribution in [0.1, 0.15) is 4.11 Å². The predicted octanol–water partition coefficient (Wildman–Crippen LogP) is 2.20. The lowest BCUT2D eigenvalue weighted by Crippen LogP contribution is -2.44. The highest BCUT2D eigenvalue weighted by Gasteiger charge is 2.13. The fourth-order valence-corrected chi connectivity index (χ4v) is 2.02. The third-order valence-corrected chi connectivity index (χ3v) is 2.95. The Morgan fingerprint density at radius 1 is 1.29 bits per heavy atom. The van der Waals surface area contributed by atoms with Gasteiger partial charge >= 0.3 is 0 Å². The zero-order valence-corrected chi connectivity index (χ0v) is 9.50. The number of anilines is 1. The molecule has 2 nitrogen and oxygen atoms in total. The standard InChI is InChI=1S/C11H15BrN2/c1-13-5-7-14(8-6-13)11-4-2-3-10(12)9-11/h2-4,9H,5-8H2,1H3/i1D3. The second kappa shape index (κ2) is 4.32. The van der Waals surface area contributed by atoms with Crippen LogP contribution in [0.3, 0.4) is 0 Å². The van der Waals surface area contributed by atoms with Gasteiger partial charge in [0, 0.05) is 40.5 Å². The largest absolute Gasteiger partial charge is 0.369 e. The Balaban J connectivity index is 2.00. The highest BCUT2D eigenvalue weighted by atomic mass is 79.9. The molecule has 1 saturated heterocycles. The summed E-state index contributed by atoms with van der Waals surface area (Å²) in [6, 6.07) is 8.10. The maximum atomic E-state index is 7.36. The molecule has 0 atom stereocenters. The van der Waals surface area contributed by atoms with Gasteiger partial charge in [0.15, 0.2) is 0 Å². The van der Waals surface area contributed by atoms with E-state index in [1.165, 1.54) is 0 Å². The number of hydrogen-bond donors (Lipinski definition) is 0. The molecule has 0 bridgehead atoms. The minimum absolute atomic E-state index is 0.586. The quantitative estimate of drug-likeness (QED) is 0.762. The van der Waals surface area contributed by atoms with Crippen LogP contribution >= 0.6 is 15.9 Å². The molecule has 0 amide bonds. The van der Waals surface area contributed by atoms with Crippen LogP contribution in [-0.2, 0) is 0 Å². The van der Waals surface area contributed by atoms with Crippen molar-refractivity contribution in [3.05, 3.63) is 28.7 Å². The molecule has 76 valence electrons. The van der Waals surface area contributed by atoms with Gasteiger partial charge in [-0.15, -0.1) is 0 Å². The van der Waals surface area contributed by atoms with E-state index < -0.39 is 6.98 Å². The SMILES string of the molecule is [2H]C([2H])([2H])N1CCN(c2cccc(Br)c2)CC1. The van der Waals surface area contributed by atoms with Gasteiger partial charge < -0.3 is 9.80 Å². The van der Waals surface area contributed by atoms with Crippen molar-refractivity contribution < 1.29 is 4.11 Å². The average Bonchev–Trinajstić information content (AvgIpc) is 2.28. The Hall–Kier alpha value is -0.540. The Morgan fingerprint density at radius 3 is 2.71 bits per heavy atom. The number of rotatable bonds is 1. The molecule has 0 N–H and O–H groups in total. The van der Waals surface area contributed by atoms with Crippen LogP contribution in [0.15, 0.2) is 28.7 Å². The third kappa shape index (κ3) is 2.28. The molecule has 1 aromatic rings. The van der Waals surface area contributed by atoms with E-state index >= 15 is 0 Å². The molecule has 0 unspecified atom stereocenters. The first-order chi connectivity index (χ1) is 7.97. The maximum Gasteiger partial charge on any atom is 0.0394 e. The monoisotopic (exact) mass is 257 g/mol. The fourth-order valence-electron chi connectivity index (χ4n) is 1.64. The smallest absolute Gasteiger partial charge is 0.0394 e. The van der Waals surface area contributed by atoms with Gasteiger partial charge in [-0.05, 0) is 25.2 Å². The molecule has 0 saturated carbocycles. The summed E-state index contributed by atoms with van der Waals surface area (Å²) in [6.45, 7) is 0.735. The van der Waals surface area contributed by atoms with Crippen LogP contribution in [-0.4, -0.2) is 38.1 Å². The Bertz CT molecular complexity index is 387. The molecule has 0 aliphatic carbocycles. The van der Waals surface area contributed by atoms with E-state index in [1.54, 1.807) is 4.90 Å². The van der Waals surface area contributed by atoms with Crippen molar-refractivity contribution in [3.63, 3.8) is 0 Å². The summed E-state index contributed by atoms with van der Waals surface area (Å²) in [5, 5.41) is 0. The second-order valence-corrected chi connectivity index (χ2v) is 4.37. The summed E-state index contributed by atoms with van der Waals surface area (Å²) >= 11 is 3.45. The Labute approximate surface area is 97.9 Å². The van der Waals surface area contributed by atoms with E-state index in [0.717, 1.165) is 23.2 Å². The second-order valence-electron chi connectivity index (χ2n) is 3.45. The van der Waals surface area contributed by atoms with Crippen molar-refractivity contribution in [2.45, 2.75) is 0 Å². The van der Waals surface area contributed by atoms with Gasteiger partial charge in [-0.2, -0.15) is 0 Å². The molecule has 1 aliphatic heterocycles. The van der Waals surface area contributed by atoms with Crippen LogP contribution in [0.25, 0.3) is 0 Å². The van der Waals surface area contributed by atoms with Crippen LogP contribution in [0.5, 0.6) is 0 Å². The lowest BCUT2D eigenvalue weighted by atomic mass is 10.2. The maximum absolute atomic E-state index is 7.36. The number of hydrogen-bond acceptors (Lipinski definition) is 2. The molecule has 1 aliphatic rings. The van der Waals surface area contributed by atoms with E-state index in [4.69, 9.17) is 4.11 Å². The van der Waals surface area contributed by atoms with E-state index in [2.05, 4.69) is 33.0 Å². The van der Waals surface area contributed by atoms with Crippen LogP contribution in [0, 0.1) is 0 Å². The molecule has 0 radical (unpaired) electrons. The molecular weight excluding hydrogens is 240 g/mol. The zero-order valence-electron chi connectivity index (χ0n) is 10.9. The summed E-state index contributed by atoms with van der Waals surface area (Å²) in [5.74, 6) is 0. The van der Waals surface area contributed by atoms with Gasteiger partial charge in [0.2, 0.25) is 0 Å². The highest BCUT2D eigenvalue weighted by molar-refractivity contribution is 9.10. The van der Waals surface area contributed by atoms with Crippen molar-refractivity contribution >= 4 is 21.6 Å². The first-order valence-electron chi connectivity index (χ1n) is 6.22. The predicted molar refractivity (Wildman–Crippen MR) is 63.9 cm³/mol. The summed E-state index contributed by atoms with van der Waals surface area (Å²) < 4.78 is 23.1. The molecule has 1 fully saturated rings. The van der Waals surface area contributed by atoms with E-state index in [-0.39, 0.29) is 0 Å². The summed E-state index contributed by atoms with van der Waals surface area (Å²) in [6.07, 6.45) is 0. The Kier molecular flexibility index (Phi) is 2.12. The van der Waals surface area contributed by atoms with Crippen LogP contribution < -0.4 is 4.90 Å².